The molecular weight excluding hydrogens is 150 g/mol. The van der Waals surface area contributed by atoms with E-state index in [1.54, 1.807) is 0 Å². The minimum Gasteiger partial charge on any atom is -0.390 e. The minimum atomic E-state index is -0.466. The molecule has 2 heteroatoms. The third kappa shape index (κ3) is 2.61. The van der Waals surface area contributed by atoms with Gasteiger partial charge in [-0.1, -0.05) is 6.08 Å². The first kappa shape index (κ1) is 9.75. The van der Waals surface area contributed by atoms with E-state index in [1.807, 2.05) is 6.08 Å². The zero-order valence-electron chi connectivity index (χ0n) is 7.92. The highest BCUT2D eigenvalue weighted by atomic mass is 16.3. The van der Waals surface area contributed by atoms with Crippen LogP contribution in [-0.4, -0.2) is 35.7 Å². The minimum absolute atomic E-state index is 0.466. The highest BCUT2D eigenvalue weighted by Crippen LogP contribution is 2.25. The van der Waals surface area contributed by atoms with Crippen LogP contribution in [0.25, 0.3) is 0 Å². The summed E-state index contributed by atoms with van der Waals surface area (Å²) in [7, 11) is 2.11. The summed E-state index contributed by atoms with van der Waals surface area (Å²) in [6.07, 6.45) is 5.46. The zero-order valence-corrected chi connectivity index (χ0v) is 7.92. The Hall–Kier alpha value is -0.340. The Labute approximate surface area is 74.9 Å². The van der Waals surface area contributed by atoms with Gasteiger partial charge >= 0.3 is 0 Å². The van der Waals surface area contributed by atoms with Crippen LogP contribution in [0.5, 0.6) is 0 Å². The molecule has 2 nitrogen and oxygen atoms in total. The van der Waals surface area contributed by atoms with Gasteiger partial charge in [0.25, 0.3) is 0 Å². The van der Waals surface area contributed by atoms with E-state index in [-0.39, 0.29) is 0 Å². The Morgan fingerprint density at radius 1 is 1.50 bits per heavy atom. The molecule has 1 fully saturated rings. The molecule has 0 amide bonds. The van der Waals surface area contributed by atoms with Gasteiger partial charge in [-0.3, -0.25) is 0 Å². The molecule has 0 spiro atoms. The van der Waals surface area contributed by atoms with Gasteiger partial charge < -0.3 is 10.0 Å². The maximum absolute atomic E-state index is 10.1. The van der Waals surface area contributed by atoms with Gasteiger partial charge in [0.1, 0.15) is 0 Å². The Morgan fingerprint density at radius 3 is 2.92 bits per heavy atom. The van der Waals surface area contributed by atoms with Gasteiger partial charge in [0.15, 0.2) is 0 Å². The largest absolute Gasteiger partial charge is 0.390 e. The van der Waals surface area contributed by atoms with Crippen LogP contribution in [0, 0.1) is 0 Å². The van der Waals surface area contributed by atoms with Crippen molar-refractivity contribution in [3.05, 3.63) is 12.7 Å². The first-order valence-corrected chi connectivity index (χ1v) is 4.68. The lowest BCUT2D eigenvalue weighted by Gasteiger charge is -2.24. The Balaban J connectivity index is 2.48. The van der Waals surface area contributed by atoms with E-state index in [1.165, 1.54) is 0 Å². The van der Waals surface area contributed by atoms with E-state index in [4.69, 9.17) is 0 Å². The number of hydrogen-bond acceptors (Lipinski definition) is 2. The second kappa shape index (κ2) is 4.06. The Kier molecular flexibility index (Phi) is 3.29. The van der Waals surface area contributed by atoms with Crippen molar-refractivity contribution in [2.24, 2.45) is 0 Å². The summed E-state index contributed by atoms with van der Waals surface area (Å²) in [5.41, 5.74) is -0.466. The SMILES string of the molecule is C=CCC1(O)CCCN(C)CC1. The fourth-order valence-corrected chi connectivity index (χ4v) is 1.79. The van der Waals surface area contributed by atoms with Gasteiger partial charge in [-0.25, -0.2) is 0 Å². The molecule has 1 atom stereocenters. The maximum atomic E-state index is 10.1. The Morgan fingerprint density at radius 2 is 2.25 bits per heavy atom. The second-order valence-corrected chi connectivity index (χ2v) is 3.87. The molecule has 70 valence electrons. The van der Waals surface area contributed by atoms with E-state index in [9.17, 15) is 5.11 Å². The topological polar surface area (TPSA) is 23.5 Å². The molecule has 1 N–H and O–H groups in total. The van der Waals surface area contributed by atoms with Gasteiger partial charge in [0.2, 0.25) is 0 Å². The fourth-order valence-electron chi connectivity index (χ4n) is 1.79. The van der Waals surface area contributed by atoms with Gasteiger partial charge in [0, 0.05) is 6.54 Å². The number of hydrogen-bond donors (Lipinski definition) is 1. The molecule has 0 aliphatic carbocycles. The molecule has 1 saturated heterocycles. The van der Waals surface area contributed by atoms with Crippen LogP contribution in [0.1, 0.15) is 25.7 Å². The third-order valence-corrected chi connectivity index (χ3v) is 2.67. The first-order chi connectivity index (χ1) is 5.66. The normalized spacial score (nSPS) is 32.8. The van der Waals surface area contributed by atoms with Crippen LogP contribution in [-0.2, 0) is 0 Å². The van der Waals surface area contributed by atoms with Crippen molar-refractivity contribution < 1.29 is 5.11 Å². The lowest BCUT2D eigenvalue weighted by Crippen LogP contribution is -2.29. The van der Waals surface area contributed by atoms with Crippen molar-refractivity contribution in [2.45, 2.75) is 31.3 Å². The molecule has 0 aromatic carbocycles. The molecule has 1 rings (SSSR count). The first-order valence-electron chi connectivity index (χ1n) is 4.68. The van der Waals surface area contributed by atoms with E-state index in [0.29, 0.717) is 0 Å². The summed E-state index contributed by atoms with van der Waals surface area (Å²) in [5.74, 6) is 0. The molecule has 0 bridgehead atoms. The maximum Gasteiger partial charge on any atom is 0.0694 e. The summed E-state index contributed by atoms with van der Waals surface area (Å²) < 4.78 is 0. The third-order valence-electron chi connectivity index (χ3n) is 2.67. The van der Waals surface area contributed by atoms with Crippen LogP contribution >= 0.6 is 0 Å². The fraction of sp³-hybridized carbons (Fsp3) is 0.800. The molecule has 12 heavy (non-hydrogen) atoms. The average molecular weight is 169 g/mol. The molecule has 0 saturated carbocycles. The van der Waals surface area contributed by atoms with Crippen molar-refractivity contribution in [3.8, 4) is 0 Å². The molecule has 0 aromatic heterocycles. The van der Waals surface area contributed by atoms with Crippen LogP contribution in [0.2, 0.25) is 0 Å². The summed E-state index contributed by atoms with van der Waals surface area (Å²) in [4.78, 5) is 2.28. The number of rotatable bonds is 2. The molecule has 1 unspecified atom stereocenters. The summed E-state index contributed by atoms with van der Waals surface area (Å²) in [6.45, 7) is 5.79. The number of aliphatic hydroxyl groups is 1. The summed E-state index contributed by atoms with van der Waals surface area (Å²) in [6, 6.07) is 0. The van der Waals surface area contributed by atoms with Gasteiger partial charge in [-0.15, -0.1) is 6.58 Å². The van der Waals surface area contributed by atoms with E-state index in [0.717, 1.165) is 38.8 Å². The molecule has 0 aromatic rings. The van der Waals surface area contributed by atoms with Crippen molar-refractivity contribution in [1.82, 2.24) is 4.90 Å². The van der Waals surface area contributed by atoms with Gasteiger partial charge in [-0.2, -0.15) is 0 Å². The van der Waals surface area contributed by atoms with Gasteiger partial charge in [0.05, 0.1) is 5.60 Å². The van der Waals surface area contributed by atoms with Crippen LogP contribution in [0.4, 0.5) is 0 Å². The number of likely N-dealkylation sites (tertiary alicyclic amines) is 1. The average Bonchev–Trinajstić information content (AvgIpc) is 2.15. The molecule has 1 aliphatic heterocycles. The second-order valence-electron chi connectivity index (χ2n) is 3.87. The quantitative estimate of drug-likeness (QED) is 0.632. The predicted molar refractivity (Wildman–Crippen MR) is 51.1 cm³/mol. The Bertz CT molecular complexity index is 158. The molecule has 0 radical (unpaired) electrons. The predicted octanol–water partition coefficient (Wildman–Crippen LogP) is 1.41. The lowest BCUT2D eigenvalue weighted by atomic mass is 9.91. The van der Waals surface area contributed by atoms with Crippen LogP contribution < -0.4 is 0 Å². The number of nitrogens with zero attached hydrogens (tertiary/aromatic N) is 1. The van der Waals surface area contributed by atoms with Crippen molar-refractivity contribution >= 4 is 0 Å². The molecular formula is C10H19NO. The van der Waals surface area contributed by atoms with Crippen molar-refractivity contribution in [3.63, 3.8) is 0 Å². The zero-order chi connectivity index (χ0) is 9.03. The summed E-state index contributed by atoms with van der Waals surface area (Å²) >= 11 is 0. The monoisotopic (exact) mass is 169 g/mol. The highest BCUT2D eigenvalue weighted by molar-refractivity contribution is 4.88. The molecule has 1 aliphatic rings. The standard InChI is InChI=1S/C10H19NO/c1-3-5-10(12)6-4-8-11(2)9-7-10/h3,12H,1,4-9H2,2H3. The lowest BCUT2D eigenvalue weighted by molar-refractivity contribution is 0.0290. The van der Waals surface area contributed by atoms with Crippen LogP contribution in [0.15, 0.2) is 12.7 Å². The summed E-state index contributed by atoms with van der Waals surface area (Å²) in [5, 5.41) is 10.1. The van der Waals surface area contributed by atoms with E-state index < -0.39 is 5.60 Å². The highest BCUT2D eigenvalue weighted by Gasteiger charge is 2.27. The van der Waals surface area contributed by atoms with Crippen LogP contribution in [0.3, 0.4) is 0 Å². The van der Waals surface area contributed by atoms with Crippen molar-refractivity contribution in [1.29, 1.82) is 0 Å². The van der Waals surface area contributed by atoms with Crippen molar-refractivity contribution in [2.75, 3.05) is 20.1 Å². The smallest absolute Gasteiger partial charge is 0.0694 e. The van der Waals surface area contributed by atoms with Gasteiger partial charge in [-0.05, 0) is 39.3 Å². The van der Waals surface area contributed by atoms with E-state index >= 15 is 0 Å². The molecule has 1 heterocycles. The van der Waals surface area contributed by atoms with E-state index in [2.05, 4.69) is 18.5 Å².